The highest BCUT2D eigenvalue weighted by Gasteiger charge is 2.06. The number of carbonyl (C=O) groups is 1. The van der Waals surface area contributed by atoms with Crippen molar-refractivity contribution in [2.75, 3.05) is 13.1 Å². The highest BCUT2D eigenvalue weighted by Crippen LogP contribution is 1.97. The molecule has 0 aliphatic heterocycles. The summed E-state index contributed by atoms with van der Waals surface area (Å²) in [7, 11) is 0. The Labute approximate surface area is 109 Å². The summed E-state index contributed by atoms with van der Waals surface area (Å²) in [5.41, 5.74) is 0. The molecule has 1 amide bonds. The van der Waals surface area contributed by atoms with Gasteiger partial charge in [0.2, 0.25) is 5.91 Å². The first-order valence-electron chi connectivity index (χ1n) is 6.75. The van der Waals surface area contributed by atoms with Gasteiger partial charge in [-0.3, -0.25) is 4.79 Å². The maximum absolute atomic E-state index is 11.7. The molecule has 0 atom stereocenters. The Balaban J connectivity index is 2.36. The van der Waals surface area contributed by atoms with Crippen LogP contribution in [0.4, 0.5) is 0 Å². The van der Waals surface area contributed by atoms with E-state index >= 15 is 0 Å². The number of rotatable bonds is 9. The number of imidazole rings is 1. The molecule has 102 valence electrons. The lowest BCUT2D eigenvalue weighted by Gasteiger charge is -2.09. The van der Waals surface area contributed by atoms with Crippen molar-refractivity contribution in [3.63, 3.8) is 0 Å². The average molecular weight is 252 g/mol. The van der Waals surface area contributed by atoms with Crippen molar-refractivity contribution in [3.05, 3.63) is 18.2 Å². The lowest BCUT2D eigenvalue weighted by molar-refractivity contribution is -0.121. The van der Waals surface area contributed by atoms with Crippen molar-refractivity contribution in [1.29, 1.82) is 0 Å². The summed E-state index contributed by atoms with van der Waals surface area (Å²) < 4.78 is 1.89. The standard InChI is InChI=1S/C13H24N4O/c1-3-5-7-16-13(18)11-17-9-8-15-12(17)10-14-6-4-2/h8-9,14H,3-7,10-11H2,1-2H3,(H,16,18). The third-order valence-corrected chi connectivity index (χ3v) is 2.68. The molecule has 0 fully saturated rings. The third kappa shape index (κ3) is 5.31. The quantitative estimate of drug-likeness (QED) is 0.651. The van der Waals surface area contributed by atoms with Gasteiger partial charge in [-0.25, -0.2) is 4.98 Å². The molecule has 0 radical (unpaired) electrons. The second-order valence-corrected chi connectivity index (χ2v) is 4.35. The number of hydrogen-bond acceptors (Lipinski definition) is 3. The number of aromatic nitrogens is 2. The first kappa shape index (κ1) is 14.7. The van der Waals surface area contributed by atoms with Crippen LogP contribution in [0.5, 0.6) is 0 Å². The van der Waals surface area contributed by atoms with E-state index in [-0.39, 0.29) is 5.91 Å². The van der Waals surface area contributed by atoms with Crippen LogP contribution >= 0.6 is 0 Å². The van der Waals surface area contributed by atoms with Gasteiger partial charge in [0.25, 0.3) is 0 Å². The molecule has 0 spiro atoms. The molecule has 1 aromatic heterocycles. The SMILES string of the molecule is CCCCNC(=O)Cn1ccnc1CNCCC. The molecule has 0 saturated carbocycles. The molecule has 5 heteroatoms. The van der Waals surface area contributed by atoms with E-state index in [9.17, 15) is 4.79 Å². The molecule has 5 nitrogen and oxygen atoms in total. The predicted molar refractivity (Wildman–Crippen MR) is 72.1 cm³/mol. The summed E-state index contributed by atoms with van der Waals surface area (Å²) in [6.07, 6.45) is 6.81. The van der Waals surface area contributed by atoms with E-state index in [1.54, 1.807) is 6.20 Å². The van der Waals surface area contributed by atoms with E-state index in [0.29, 0.717) is 13.1 Å². The number of nitrogens with zero attached hydrogens (tertiary/aromatic N) is 2. The minimum absolute atomic E-state index is 0.0539. The van der Waals surface area contributed by atoms with Gasteiger partial charge in [-0.1, -0.05) is 20.3 Å². The minimum Gasteiger partial charge on any atom is -0.355 e. The number of unbranched alkanes of at least 4 members (excludes halogenated alkanes) is 1. The smallest absolute Gasteiger partial charge is 0.239 e. The lowest BCUT2D eigenvalue weighted by atomic mass is 10.3. The Kier molecular flexibility index (Phi) is 7.10. The maximum Gasteiger partial charge on any atom is 0.239 e. The zero-order chi connectivity index (χ0) is 13.2. The van der Waals surface area contributed by atoms with E-state index in [4.69, 9.17) is 0 Å². The summed E-state index contributed by atoms with van der Waals surface area (Å²) in [5, 5.41) is 6.20. The van der Waals surface area contributed by atoms with Crippen LogP contribution in [0.15, 0.2) is 12.4 Å². The zero-order valence-electron chi connectivity index (χ0n) is 11.4. The number of amides is 1. The monoisotopic (exact) mass is 252 g/mol. The molecular formula is C13H24N4O. The van der Waals surface area contributed by atoms with Crippen LogP contribution in [0, 0.1) is 0 Å². The Bertz CT molecular complexity index is 349. The molecule has 0 aromatic carbocycles. The van der Waals surface area contributed by atoms with Crippen LogP contribution in [0.1, 0.15) is 38.9 Å². The molecule has 1 aromatic rings. The zero-order valence-corrected chi connectivity index (χ0v) is 11.4. The maximum atomic E-state index is 11.7. The van der Waals surface area contributed by atoms with E-state index in [1.165, 1.54) is 0 Å². The highest BCUT2D eigenvalue weighted by atomic mass is 16.1. The third-order valence-electron chi connectivity index (χ3n) is 2.68. The molecule has 0 bridgehead atoms. The van der Waals surface area contributed by atoms with Gasteiger partial charge >= 0.3 is 0 Å². The Hall–Kier alpha value is -1.36. The van der Waals surface area contributed by atoms with Crippen molar-refractivity contribution in [3.8, 4) is 0 Å². The fourth-order valence-electron chi connectivity index (χ4n) is 1.64. The van der Waals surface area contributed by atoms with Crippen LogP contribution < -0.4 is 10.6 Å². The molecule has 18 heavy (non-hydrogen) atoms. The van der Waals surface area contributed by atoms with Gasteiger partial charge in [0.05, 0.1) is 6.54 Å². The summed E-state index contributed by atoms with van der Waals surface area (Å²) in [4.78, 5) is 15.9. The van der Waals surface area contributed by atoms with Crippen LogP contribution in [-0.2, 0) is 17.9 Å². The molecule has 1 heterocycles. The number of carbonyl (C=O) groups excluding carboxylic acids is 1. The molecule has 0 aliphatic rings. The van der Waals surface area contributed by atoms with E-state index < -0.39 is 0 Å². The van der Waals surface area contributed by atoms with Gasteiger partial charge in [-0.2, -0.15) is 0 Å². The predicted octanol–water partition coefficient (Wildman–Crippen LogP) is 1.30. The van der Waals surface area contributed by atoms with Gasteiger partial charge in [0.15, 0.2) is 0 Å². The molecule has 0 saturated heterocycles. The van der Waals surface area contributed by atoms with Crippen molar-refractivity contribution >= 4 is 5.91 Å². The summed E-state index contributed by atoms with van der Waals surface area (Å²) in [6.45, 7) is 7.03. The van der Waals surface area contributed by atoms with Gasteiger partial charge in [-0.05, 0) is 19.4 Å². The average Bonchev–Trinajstić information content (AvgIpc) is 2.77. The van der Waals surface area contributed by atoms with Crippen LogP contribution in [-0.4, -0.2) is 28.5 Å². The van der Waals surface area contributed by atoms with Gasteiger partial charge in [-0.15, -0.1) is 0 Å². The topological polar surface area (TPSA) is 59.0 Å². The van der Waals surface area contributed by atoms with E-state index in [0.717, 1.165) is 38.2 Å². The summed E-state index contributed by atoms with van der Waals surface area (Å²) >= 11 is 0. The lowest BCUT2D eigenvalue weighted by Crippen LogP contribution is -2.29. The fraction of sp³-hybridized carbons (Fsp3) is 0.692. The van der Waals surface area contributed by atoms with Crippen LogP contribution in [0.3, 0.4) is 0 Å². The Morgan fingerprint density at radius 1 is 1.33 bits per heavy atom. The largest absolute Gasteiger partial charge is 0.355 e. The fourth-order valence-corrected chi connectivity index (χ4v) is 1.64. The number of nitrogens with one attached hydrogen (secondary N) is 2. The van der Waals surface area contributed by atoms with Gasteiger partial charge in [0.1, 0.15) is 12.4 Å². The molecule has 1 rings (SSSR count). The van der Waals surface area contributed by atoms with E-state index in [2.05, 4.69) is 29.5 Å². The van der Waals surface area contributed by atoms with Crippen LogP contribution in [0.2, 0.25) is 0 Å². The minimum atomic E-state index is 0.0539. The Morgan fingerprint density at radius 2 is 2.17 bits per heavy atom. The van der Waals surface area contributed by atoms with Crippen molar-refractivity contribution < 1.29 is 4.79 Å². The van der Waals surface area contributed by atoms with Crippen molar-refractivity contribution in [2.45, 2.75) is 46.2 Å². The molecule has 2 N–H and O–H groups in total. The first-order valence-corrected chi connectivity index (χ1v) is 6.75. The second kappa shape index (κ2) is 8.69. The molecule has 0 unspecified atom stereocenters. The Morgan fingerprint density at radius 3 is 2.89 bits per heavy atom. The second-order valence-electron chi connectivity index (χ2n) is 4.35. The van der Waals surface area contributed by atoms with Crippen molar-refractivity contribution in [1.82, 2.24) is 20.2 Å². The van der Waals surface area contributed by atoms with Gasteiger partial charge in [0, 0.05) is 18.9 Å². The number of hydrogen-bond donors (Lipinski definition) is 2. The summed E-state index contributed by atoms with van der Waals surface area (Å²) in [5.74, 6) is 0.965. The van der Waals surface area contributed by atoms with E-state index in [1.807, 2.05) is 10.8 Å². The summed E-state index contributed by atoms with van der Waals surface area (Å²) in [6, 6.07) is 0. The normalized spacial score (nSPS) is 10.6. The molecule has 0 aliphatic carbocycles. The molecular weight excluding hydrogens is 228 g/mol. The van der Waals surface area contributed by atoms with Gasteiger partial charge < -0.3 is 15.2 Å². The highest BCUT2D eigenvalue weighted by molar-refractivity contribution is 5.75. The first-order chi connectivity index (χ1) is 8.77. The van der Waals surface area contributed by atoms with Crippen molar-refractivity contribution in [2.24, 2.45) is 0 Å². The van der Waals surface area contributed by atoms with Crippen LogP contribution in [0.25, 0.3) is 0 Å².